The lowest BCUT2D eigenvalue weighted by atomic mass is 10.1. The molecule has 3 rings (SSSR count). The molecular formula is C20H25N5O3S. The topological polar surface area (TPSA) is 99.3 Å². The van der Waals surface area contributed by atoms with Crippen LogP contribution in [-0.4, -0.2) is 40.8 Å². The van der Waals surface area contributed by atoms with Gasteiger partial charge in [-0.2, -0.15) is 0 Å². The molecule has 1 aliphatic heterocycles. The number of aryl methyl sites for hydroxylation is 2. The number of hydrogen-bond acceptors (Lipinski definition) is 5. The molecule has 0 saturated heterocycles. The van der Waals surface area contributed by atoms with Crippen molar-refractivity contribution in [3.8, 4) is 0 Å². The summed E-state index contributed by atoms with van der Waals surface area (Å²) in [6.45, 7) is 5.94. The highest BCUT2D eigenvalue weighted by molar-refractivity contribution is 7.83. The molecule has 0 aliphatic carbocycles. The van der Waals surface area contributed by atoms with E-state index in [9.17, 15) is 9.00 Å². The molecule has 0 fully saturated rings. The Morgan fingerprint density at radius 2 is 1.93 bits per heavy atom. The number of furan rings is 1. The maximum absolute atomic E-state index is 12.2. The van der Waals surface area contributed by atoms with Crippen LogP contribution in [0.1, 0.15) is 46.8 Å². The number of carbonyl (C=O) groups excluding carboxylic acids is 1. The molecule has 1 aliphatic rings. The van der Waals surface area contributed by atoms with E-state index in [1.165, 1.54) is 4.90 Å². The van der Waals surface area contributed by atoms with Gasteiger partial charge in [0.1, 0.15) is 11.5 Å². The number of nitrogens with one attached hydrogen (secondary N) is 2. The Kier molecular flexibility index (Phi) is 6.17. The molecule has 1 aromatic heterocycles. The standard InChI is InChI=1S/C20H25N5O3S/c1-6-16(17-10-12(2)13(3)28-17)22-19-18(23-29(27)24-19)21-15-9-7-8-14(11-15)20(26)25(4)5/h7-11,16H,6H2,1-5H3,(H,21,23)(H,22,24). The zero-order valence-electron chi connectivity index (χ0n) is 17.1. The van der Waals surface area contributed by atoms with Crippen molar-refractivity contribution in [3.05, 3.63) is 53.0 Å². The summed E-state index contributed by atoms with van der Waals surface area (Å²) in [5.41, 5.74) is 2.27. The van der Waals surface area contributed by atoms with Crippen LogP contribution in [0, 0.1) is 13.8 Å². The molecule has 2 unspecified atom stereocenters. The lowest BCUT2D eigenvalue weighted by Crippen LogP contribution is -2.36. The summed E-state index contributed by atoms with van der Waals surface area (Å²) in [6.07, 6.45) is 0.748. The Balaban J connectivity index is 1.79. The lowest BCUT2D eigenvalue weighted by Gasteiger charge is -2.17. The average Bonchev–Trinajstić information content (AvgIpc) is 3.20. The fourth-order valence-corrected chi connectivity index (χ4v) is 3.50. The normalized spacial score (nSPS) is 16.8. The molecule has 0 radical (unpaired) electrons. The van der Waals surface area contributed by atoms with Gasteiger partial charge in [-0.1, -0.05) is 13.0 Å². The third-order valence-electron chi connectivity index (χ3n) is 4.59. The number of anilines is 1. The summed E-state index contributed by atoms with van der Waals surface area (Å²) in [4.78, 5) is 13.7. The van der Waals surface area contributed by atoms with Gasteiger partial charge in [0.05, 0.1) is 6.04 Å². The molecule has 9 heteroatoms. The second-order valence-corrected chi connectivity index (χ2v) is 7.84. The Morgan fingerprint density at radius 1 is 1.21 bits per heavy atom. The van der Waals surface area contributed by atoms with Crippen LogP contribution in [0.5, 0.6) is 0 Å². The van der Waals surface area contributed by atoms with Gasteiger partial charge in [0.15, 0.2) is 11.7 Å². The Labute approximate surface area is 172 Å². The molecule has 0 bridgehead atoms. The van der Waals surface area contributed by atoms with Crippen molar-refractivity contribution in [1.29, 1.82) is 0 Å². The third kappa shape index (κ3) is 4.73. The van der Waals surface area contributed by atoms with E-state index in [1.54, 1.807) is 32.3 Å². The number of nitrogens with zero attached hydrogens (tertiary/aromatic N) is 3. The fourth-order valence-electron chi connectivity index (χ4n) is 2.88. The zero-order chi connectivity index (χ0) is 21.1. The van der Waals surface area contributed by atoms with E-state index < -0.39 is 11.2 Å². The predicted octanol–water partition coefficient (Wildman–Crippen LogP) is 3.14. The van der Waals surface area contributed by atoms with Gasteiger partial charge in [0, 0.05) is 25.3 Å². The molecule has 1 aromatic carbocycles. The van der Waals surface area contributed by atoms with Crippen LogP contribution in [0.4, 0.5) is 5.69 Å². The van der Waals surface area contributed by atoms with Crippen LogP contribution in [0.25, 0.3) is 0 Å². The van der Waals surface area contributed by atoms with Gasteiger partial charge >= 0.3 is 0 Å². The van der Waals surface area contributed by atoms with Gasteiger partial charge in [-0.3, -0.25) is 4.79 Å². The molecule has 2 heterocycles. The molecule has 29 heavy (non-hydrogen) atoms. The summed E-state index contributed by atoms with van der Waals surface area (Å²) in [5, 5.41) is 6.39. The molecule has 2 atom stereocenters. The van der Waals surface area contributed by atoms with E-state index in [1.807, 2.05) is 32.9 Å². The van der Waals surface area contributed by atoms with Crippen LogP contribution >= 0.6 is 0 Å². The minimum absolute atomic E-state index is 0.104. The molecule has 0 saturated carbocycles. The van der Waals surface area contributed by atoms with Crippen LogP contribution in [-0.2, 0) is 11.2 Å². The molecule has 8 nitrogen and oxygen atoms in total. The summed E-state index contributed by atoms with van der Waals surface area (Å²) in [6, 6.07) is 8.90. The van der Waals surface area contributed by atoms with E-state index in [0.29, 0.717) is 22.9 Å². The summed E-state index contributed by atoms with van der Waals surface area (Å²) >= 11 is -1.71. The van der Waals surface area contributed by atoms with Crippen molar-refractivity contribution in [1.82, 2.24) is 10.2 Å². The van der Waals surface area contributed by atoms with E-state index >= 15 is 0 Å². The van der Waals surface area contributed by atoms with Crippen molar-refractivity contribution in [2.24, 2.45) is 8.80 Å². The minimum Gasteiger partial charge on any atom is -0.464 e. The number of carbonyl (C=O) groups is 1. The molecule has 2 aromatic rings. The summed E-state index contributed by atoms with van der Waals surface area (Å²) in [7, 11) is 3.40. The van der Waals surface area contributed by atoms with Crippen LogP contribution in [0.3, 0.4) is 0 Å². The highest BCUT2D eigenvalue weighted by Gasteiger charge is 2.24. The van der Waals surface area contributed by atoms with Gasteiger partial charge in [-0.05, 0) is 50.1 Å². The number of benzene rings is 1. The summed E-state index contributed by atoms with van der Waals surface area (Å²) < 4.78 is 25.9. The minimum atomic E-state index is -1.71. The van der Waals surface area contributed by atoms with E-state index in [0.717, 1.165) is 23.5 Å². The highest BCUT2D eigenvalue weighted by Crippen LogP contribution is 2.23. The maximum Gasteiger partial charge on any atom is 0.269 e. The van der Waals surface area contributed by atoms with Crippen molar-refractivity contribution < 1.29 is 13.4 Å². The first-order valence-electron chi connectivity index (χ1n) is 9.30. The summed E-state index contributed by atoms with van der Waals surface area (Å²) in [5.74, 6) is 2.31. The van der Waals surface area contributed by atoms with Gasteiger partial charge in [0.2, 0.25) is 0 Å². The van der Waals surface area contributed by atoms with Crippen LogP contribution in [0.2, 0.25) is 0 Å². The van der Waals surface area contributed by atoms with Crippen molar-refractivity contribution in [2.75, 3.05) is 19.4 Å². The van der Waals surface area contributed by atoms with Gasteiger partial charge in [-0.25, -0.2) is 4.21 Å². The first-order chi connectivity index (χ1) is 13.8. The van der Waals surface area contributed by atoms with Crippen molar-refractivity contribution in [3.63, 3.8) is 0 Å². The highest BCUT2D eigenvalue weighted by atomic mass is 32.2. The largest absolute Gasteiger partial charge is 0.464 e. The number of amidine groups is 2. The van der Waals surface area contributed by atoms with Gasteiger partial charge < -0.3 is 20.0 Å². The predicted molar refractivity (Wildman–Crippen MR) is 115 cm³/mol. The van der Waals surface area contributed by atoms with Gasteiger partial charge in [0.25, 0.3) is 17.1 Å². The van der Waals surface area contributed by atoms with E-state index in [-0.39, 0.29) is 11.9 Å². The molecule has 0 spiro atoms. The first kappa shape index (κ1) is 20.8. The van der Waals surface area contributed by atoms with Crippen LogP contribution < -0.4 is 10.6 Å². The third-order valence-corrected chi connectivity index (χ3v) is 5.27. The monoisotopic (exact) mass is 415 g/mol. The van der Waals surface area contributed by atoms with E-state index in [2.05, 4.69) is 19.4 Å². The van der Waals surface area contributed by atoms with E-state index in [4.69, 9.17) is 4.42 Å². The first-order valence-corrected chi connectivity index (χ1v) is 10.4. The Hall–Kier alpha value is -2.94. The average molecular weight is 416 g/mol. The molecular weight excluding hydrogens is 390 g/mol. The van der Waals surface area contributed by atoms with Gasteiger partial charge in [-0.15, -0.1) is 8.80 Å². The number of rotatable bonds is 5. The smallest absolute Gasteiger partial charge is 0.269 e. The second kappa shape index (κ2) is 8.60. The quantitative estimate of drug-likeness (QED) is 0.782. The fraction of sp³-hybridized carbons (Fsp3) is 0.350. The zero-order valence-corrected chi connectivity index (χ0v) is 18.0. The maximum atomic E-state index is 12.2. The lowest BCUT2D eigenvalue weighted by molar-refractivity contribution is 0.0827. The molecule has 2 N–H and O–H groups in total. The van der Waals surface area contributed by atoms with Crippen molar-refractivity contribution >= 4 is 34.4 Å². The molecule has 154 valence electrons. The SMILES string of the molecule is CCC(NC1=NS(=O)N=C1Nc1cccc(C(=O)N(C)C)c1)c1cc(C)c(C)o1. The number of hydrogen-bond donors (Lipinski definition) is 2. The van der Waals surface area contributed by atoms with Crippen molar-refractivity contribution in [2.45, 2.75) is 33.2 Å². The Bertz CT molecular complexity index is 990. The van der Waals surface area contributed by atoms with Crippen LogP contribution in [0.15, 0.2) is 43.5 Å². The molecule has 1 amide bonds. The Morgan fingerprint density at radius 3 is 2.55 bits per heavy atom. The number of amides is 1. The second-order valence-electron chi connectivity index (χ2n) is 7.01.